The fourth-order valence-electron chi connectivity index (χ4n) is 3.22. The normalized spacial score (nSPS) is 25.9. The molecule has 21 heavy (non-hydrogen) atoms. The van der Waals surface area contributed by atoms with Crippen LogP contribution in [0.1, 0.15) is 40.5 Å². The third-order valence-electron chi connectivity index (χ3n) is 5.79. The molecule has 0 unspecified atom stereocenters. The number of carboxylic acid groups (broad SMARTS) is 1. The molecular weight excluding hydrogens is 272 g/mol. The van der Waals surface area contributed by atoms with Crippen LogP contribution in [0.15, 0.2) is 0 Å². The Labute approximate surface area is 125 Å². The molecule has 1 saturated carbocycles. The van der Waals surface area contributed by atoms with Crippen molar-refractivity contribution in [2.24, 2.45) is 16.2 Å². The van der Waals surface area contributed by atoms with Gasteiger partial charge in [-0.1, -0.05) is 27.7 Å². The number of carboxylic acids is 1. The van der Waals surface area contributed by atoms with Gasteiger partial charge in [-0.25, -0.2) is 4.79 Å². The third-order valence-corrected chi connectivity index (χ3v) is 5.79. The lowest BCUT2D eigenvalue weighted by Gasteiger charge is -2.33. The standard InChI is InChI=1S/C15H26N2O4/c1-13(2)10(14(13,3)4)17-12(20)16-9-15(11(18)19)5-7-21-8-6-15/h10H,5-9H2,1-4H3,(H,18,19)(H2,16,17,20). The van der Waals surface area contributed by atoms with Gasteiger partial charge in [0, 0.05) is 25.8 Å². The number of hydrogen-bond donors (Lipinski definition) is 3. The summed E-state index contributed by atoms with van der Waals surface area (Å²) >= 11 is 0. The Balaban J connectivity index is 1.87. The molecular formula is C15H26N2O4. The molecule has 1 aliphatic carbocycles. The van der Waals surface area contributed by atoms with Crippen LogP contribution in [0.25, 0.3) is 0 Å². The first kappa shape index (κ1) is 16.1. The maximum absolute atomic E-state index is 12.0. The van der Waals surface area contributed by atoms with Crippen LogP contribution in [-0.2, 0) is 9.53 Å². The largest absolute Gasteiger partial charge is 0.481 e. The molecule has 6 heteroatoms. The van der Waals surface area contributed by atoms with Crippen molar-refractivity contribution in [3.05, 3.63) is 0 Å². The van der Waals surface area contributed by atoms with Gasteiger partial charge in [-0.15, -0.1) is 0 Å². The molecule has 0 aromatic carbocycles. The number of carbonyl (C=O) groups is 2. The summed E-state index contributed by atoms with van der Waals surface area (Å²) in [6.07, 6.45) is 0.867. The van der Waals surface area contributed by atoms with Gasteiger partial charge >= 0.3 is 12.0 Å². The topological polar surface area (TPSA) is 87.7 Å². The predicted molar refractivity (Wildman–Crippen MR) is 78.0 cm³/mol. The maximum Gasteiger partial charge on any atom is 0.315 e. The van der Waals surface area contributed by atoms with E-state index in [9.17, 15) is 14.7 Å². The van der Waals surface area contributed by atoms with E-state index in [-0.39, 0.29) is 29.4 Å². The van der Waals surface area contributed by atoms with Gasteiger partial charge in [0.2, 0.25) is 0 Å². The summed E-state index contributed by atoms with van der Waals surface area (Å²) in [5.74, 6) is -0.863. The molecule has 6 nitrogen and oxygen atoms in total. The molecule has 2 amide bonds. The SMILES string of the molecule is CC1(C)C(NC(=O)NCC2(C(=O)O)CCOCC2)C1(C)C. The quantitative estimate of drug-likeness (QED) is 0.735. The number of carbonyl (C=O) groups excluding carboxylic acids is 1. The zero-order valence-electron chi connectivity index (χ0n) is 13.3. The summed E-state index contributed by atoms with van der Waals surface area (Å²) in [6, 6.07) is -0.175. The van der Waals surface area contributed by atoms with Gasteiger partial charge in [-0.3, -0.25) is 4.79 Å². The minimum Gasteiger partial charge on any atom is -0.481 e. The van der Waals surface area contributed by atoms with Crippen LogP contribution in [0.2, 0.25) is 0 Å². The van der Waals surface area contributed by atoms with E-state index in [1.54, 1.807) is 0 Å². The van der Waals surface area contributed by atoms with Crippen molar-refractivity contribution in [1.82, 2.24) is 10.6 Å². The fraction of sp³-hybridized carbons (Fsp3) is 0.867. The van der Waals surface area contributed by atoms with Crippen LogP contribution < -0.4 is 10.6 Å². The first-order chi connectivity index (χ1) is 9.63. The minimum atomic E-state index is -0.899. The van der Waals surface area contributed by atoms with Crippen molar-refractivity contribution in [3.8, 4) is 0 Å². The van der Waals surface area contributed by atoms with Crippen LogP contribution in [-0.4, -0.2) is 42.9 Å². The van der Waals surface area contributed by atoms with E-state index in [1.807, 2.05) is 0 Å². The summed E-state index contributed by atoms with van der Waals surface area (Å²) in [5, 5.41) is 15.1. The van der Waals surface area contributed by atoms with Gasteiger partial charge in [-0.2, -0.15) is 0 Å². The van der Waals surface area contributed by atoms with Crippen molar-refractivity contribution in [2.75, 3.05) is 19.8 Å². The molecule has 3 N–H and O–H groups in total. The van der Waals surface area contributed by atoms with Crippen molar-refractivity contribution < 1.29 is 19.4 Å². The predicted octanol–water partition coefficient (Wildman–Crippen LogP) is 1.60. The van der Waals surface area contributed by atoms with Gasteiger partial charge in [0.15, 0.2) is 0 Å². The molecule has 1 aliphatic heterocycles. The van der Waals surface area contributed by atoms with Crippen molar-refractivity contribution in [2.45, 2.75) is 46.6 Å². The number of rotatable bonds is 4. The molecule has 0 aromatic rings. The first-order valence-electron chi connectivity index (χ1n) is 7.49. The number of hydrogen-bond acceptors (Lipinski definition) is 3. The van der Waals surface area contributed by atoms with E-state index < -0.39 is 11.4 Å². The number of aliphatic carboxylic acids is 1. The van der Waals surface area contributed by atoms with Gasteiger partial charge in [0.05, 0.1) is 5.41 Å². The number of ether oxygens (including phenoxy) is 1. The summed E-state index contributed by atoms with van der Waals surface area (Å²) in [4.78, 5) is 23.5. The van der Waals surface area contributed by atoms with Gasteiger partial charge < -0.3 is 20.5 Å². The van der Waals surface area contributed by atoms with E-state index in [4.69, 9.17) is 4.74 Å². The van der Waals surface area contributed by atoms with E-state index >= 15 is 0 Å². The Morgan fingerprint density at radius 2 is 1.67 bits per heavy atom. The third kappa shape index (κ3) is 2.73. The molecule has 1 saturated heterocycles. The van der Waals surface area contributed by atoms with Gasteiger partial charge in [0.25, 0.3) is 0 Å². The molecule has 2 rings (SSSR count). The molecule has 0 atom stereocenters. The second-order valence-corrected chi connectivity index (χ2v) is 7.40. The molecule has 120 valence electrons. The van der Waals surface area contributed by atoms with Gasteiger partial charge in [0.1, 0.15) is 0 Å². The Bertz CT molecular complexity index is 425. The second-order valence-electron chi connectivity index (χ2n) is 7.40. The zero-order valence-corrected chi connectivity index (χ0v) is 13.3. The van der Waals surface area contributed by atoms with Gasteiger partial charge in [-0.05, 0) is 23.7 Å². The van der Waals surface area contributed by atoms with Crippen molar-refractivity contribution in [1.29, 1.82) is 0 Å². The molecule has 2 aliphatic rings. The summed E-state index contributed by atoms with van der Waals surface area (Å²) in [6.45, 7) is 9.48. The molecule has 1 heterocycles. The maximum atomic E-state index is 12.0. The van der Waals surface area contributed by atoms with Crippen LogP contribution in [0, 0.1) is 16.2 Å². The van der Waals surface area contributed by atoms with Crippen molar-refractivity contribution in [3.63, 3.8) is 0 Å². The molecule has 0 spiro atoms. The van der Waals surface area contributed by atoms with Crippen LogP contribution in [0.4, 0.5) is 4.79 Å². The Hall–Kier alpha value is -1.30. The average molecular weight is 298 g/mol. The number of nitrogens with one attached hydrogen (secondary N) is 2. The first-order valence-corrected chi connectivity index (χ1v) is 7.49. The van der Waals surface area contributed by atoms with E-state index in [0.717, 1.165) is 0 Å². The lowest BCUT2D eigenvalue weighted by molar-refractivity contribution is -0.154. The number of urea groups is 1. The van der Waals surface area contributed by atoms with Crippen molar-refractivity contribution >= 4 is 12.0 Å². The van der Waals surface area contributed by atoms with E-state index in [1.165, 1.54) is 0 Å². The molecule has 2 fully saturated rings. The lowest BCUT2D eigenvalue weighted by Crippen LogP contribution is -2.49. The highest BCUT2D eigenvalue weighted by molar-refractivity contribution is 5.78. The summed E-state index contributed by atoms with van der Waals surface area (Å²) < 4.78 is 5.22. The lowest BCUT2D eigenvalue weighted by atomic mass is 9.80. The zero-order chi connectivity index (χ0) is 15.9. The Kier molecular flexibility index (Phi) is 3.95. The smallest absolute Gasteiger partial charge is 0.315 e. The highest BCUT2D eigenvalue weighted by Crippen LogP contribution is 2.62. The summed E-state index contributed by atoms with van der Waals surface area (Å²) in [7, 11) is 0. The molecule has 0 aromatic heterocycles. The second kappa shape index (κ2) is 5.16. The fourth-order valence-corrected chi connectivity index (χ4v) is 3.22. The molecule has 0 bridgehead atoms. The highest BCUT2D eigenvalue weighted by atomic mass is 16.5. The monoisotopic (exact) mass is 298 g/mol. The van der Waals surface area contributed by atoms with Crippen LogP contribution >= 0.6 is 0 Å². The minimum absolute atomic E-state index is 0.0630. The van der Waals surface area contributed by atoms with Crippen LogP contribution in [0.3, 0.4) is 0 Å². The molecule has 0 radical (unpaired) electrons. The summed E-state index contributed by atoms with van der Waals surface area (Å²) in [5.41, 5.74) is -0.773. The van der Waals surface area contributed by atoms with E-state index in [0.29, 0.717) is 26.1 Å². The Morgan fingerprint density at radius 3 is 2.10 bits per heavy atom. The highest BCUT2D eigenvalue weighted by Gasteiger charge is 2.65. The van der Waals surface area contributed by atoms with Crippen LogP contribution in [0.5, 0.6) is 0 Å². The Morgan fingerprint density at radius 1 is 1.14 bits per heavy atom. The number of amides is 2. The average Bonchev–Trinajstić information content (AvgIpc) is 2.80. The van der Waals surface area contributed by atoms with E-state index in [2.05, 4.69) is 38.3 Å².